The number of hydrogen-bond donors (Lipinski definition) is 3. The van der Waals surface area contributed by atoms with Crippen LogP contribution in [-0.4, -0.2) is 35.0 Å². The Morgan fingerprint density at radius 3 is 2.42 bits per heavy atom. The number of nitrogens with one attached hydrogen (secondary N) is 3. The van der Waals surface area contributed by atoms with E-state index in [0.717, 1.165) is 18.1 Å². The van der Waals surface area contributed by atoms with Gasteiger partial charge in [0.1, 0.15) is 0 Å². The highest BCUT2D eigenvalue weighted by molar-refractivity contribution is 14.0. The van der Waals surface area contributed by atoms with E-state index < -0.39 is 10.0 Å². The van der Waals surface area contributed by atoms with Crippen LogP contribution in [0.5, 0.6) is 0 Å². The Kier molecular flexibility index (Phi) is 9.55. The van der Waals surface area contributed by atoms with Crippen molar-refractivity contribution in [1.29, 1.82) is 0 Å². The van der Waals surface area contributed by atoms with Crippen LogP contribution in [0.1, 0.15) is 23.3 Å². The van der Waals surface area contributed by atoms with Gasteiger partial charge < -0.3 is 10.6 Å². The number of halogens is 1. The van der Waals surface area contributed by atoms with Crippen molar-refractivity contribution in [3.63, 3.8) is 0 Å². The molecule has 9 heteroatoms. The molecule has 6 nitrogen and oxygen atoms in total. The number of aliphatic imine (C=N–C) groups is 1. The summed E-state index contributed by atoms with van der Waals surface area (Å²) in [6.07, 6.45) is 0. The van der Waals surface area contributed by atoms with Crippen molar-refractivity contribution >= 4 is 51.3 Å². The molecule has 0 bridgehead atoms. The Morgan fingerprint density at radius 2 is 1.88 bits per heavy atom. The molecule has 1 atom stereocenters. The van der Waals surface area contributed by atoms with E-state index in [9.17, 15) is 8.42 Å². The van der Waals surface area contributed by atoms with Gasteiger partial charge >= 0.3 is 0 Å². The van der Waals surface area contributed by atoms with Crippen LogP contribution in [0.4, 0.5) is 0 Å². The molecule has 0 saturated carbocycles. The van der Waals surface area contributed by atoms with Gasteiger partial charge in [0, 0.05) is 30.9 Å². The second-order valence-corrected chi connectivity index (χ2v) is 8.44. The standard InChI is InChI=1S/C17H24N4O2S2.HI/c1-13(16-5-4-10-24-16)11-20-17(18-2)21-12-14-6-8-15(9-7-14)25(22,23)19-3;/h4-10,13,19H,11-12H2,1-3H3,(H2,18,20,21);1H. The fourth-order valence-corrected chi connectivity index (χ4v) is 3.75. The van der Waals surface area contributed by atoms with Gasteiger partial charge in [-0.2, -0.15) is 0 Å². The van der Waals surface area contributed by atoms with Crippen LogP contribution in [-0.2, 0) is 16.6 Å². The highest BCUT2D eigenvalue weighted by atomic mass is 127. The molecule has 0 aliphatic heterocycles. The molecule has 1 heterocycles. The third-order valence-corrected chi connectivity index (χ3v) is 6.32. The van der Waals surface area contributed by atoms with E-state index in [2.05, 4.69) is 44.8 Å². The van der Waals surface area contributed by atoms with E-state index >= 15 is 0 Å². The number of nitrogens with zero attached hydrogens (tertiary/aromatic N) is 1. The molecule has 26 heavy (non-hydrogen) atoms. The highest BCUT2D eigenvalue weighted by Crippen LogP contribution is 2.19. The van der Waals surface area contributed by atoms with Crippen LogP contribution in [0.25, 0.3) is 0 Å². The second-order valence-electron chi connectivity index (χ2n) is 5.57. The van der Waals surface area contributed by atoms with Gasteiger partial charge in [0.2, 0.25) is 10.0 Å². The van der Waals surface area contributed by atoms with Crippen LogP contribution in [0.2, 0.25) is 0 Å². The number of guanidine groups is 1. The number of benzene rings is 1. The first-order valence-electron chi connectivity index (χ1n) is 7.96. The molecule has 0 saturated heterocycles. The number of rotatable bonds is 7. The summed E-state index contributed by atoms with van der Waals surface area (Å²) >= 11 is 1.75. The molecule has 0 fully saturated rings. The maximum absolute atomic E-state index is 11.7. The summed E-state index contributed by atoms with van der Waals surface area (Å²) in [5.41, 5.74) is 0.976. The predicted molar refractivity (Wildman–Crippen MR) is 119 cm³/mol. The van der Waals surface area contributed by atoms with E-state index in [1.54, 1.807) is 42.6 Å². The van der Waals surface area contributed by atoms with Crippen molar-refractivity contribution in [2.45, 2.75) is 24.3 Å². The van der Waals surface area contributed by atoms with Gasteiger partial charge in [-0.15, -0.1) is 35.3 Å². The van der Waals surface area contributed by atoms with Gasteiger partial charge in [-0.05, 0) is 36.2 Å². The van der Waals surface area contributed by atoms with Gasteiger partial charge in [-0.1, -0.05) is 25.1 Å². The van der Waals surface area contributed by atoms with Gasteiger partial charge in [0.25, 0.3) is 0 Å². The van der Waals surface area contributed by atoms with E-state index in [0.29, 0.717) is 12.5 Å². The summed E-state index contributed by atoms with van der Waals surface area (Å²) in [5.74, 6) is 1.12. The molecule has 0 radical (unpaired) electrons. The van der Waals surface area contributed by atoms with Gasteiger partial charge in [0.15, 0.2) is 5.96 Å². The number of thiophene rings is 1. The molecule has 3 N–H and O–H groups in total. The van der Waals surface area contributed by atoms with E-state index in [1.807, 2.05) is 0 Å². The van der Waals surface area contributed by atoms with Crippen LogP contribution >= 0.6 is 35.3 Å². The zero-order valence-corrected chi connectivity index (χ0v) is 19.0. The smallest absolute Gasteiger partial charge is 0.240 e. The predicted octanol–water partition coefficient (Wildman–Crippen LogP) is 2.74. The zero-order chi connectivity index (χ0) is 18.3. The lowest BCUT2D eigenvalue weighted by atomic mass is 10.1. The summed E-state index contributed by atoms with van der Waals surface area (Å²) in [6.45, 7) is 3.53. The molecular formula is C17H25IN4O2S2. The van der Waals surface area contributed by atoms with Crippen LogP contribution in [0, 0.1) is 0 Å². The molecule has 0 aliphatic rings. The monoisotopic (exact) mass is 508 g/mol. The molecule has 144 valence electrons. The lowest BCUT2D eigenvalue weighted by molar-refractivity contribution is 0.588. The van der Waals surface area contributed by atoms with E-state index in [1.165, 1.54) is 11.9 Å². The molecule has 1 unspecified atom stereocenters. The first kappa shape index (κ1) is 22.9. The maximum Gasteiger partial charge on any atom is 0.240 e. The summed E-state index contributed by atoms with van der Waals surface area (Å²) in [4.78, 5) is 5.81. The number of hydrogen-bond acceptors (Lipinski definition) is 4. The van der Waals surface area contributed by atoms with Crippen LogP contribution in [0.3, 0.4) is 0 Å². The first-order valence-corrected chi connectivity index (χ1v) is 10.3. The summed E-state index contributed by atoms with van der Waals surface area (Å²) in [6, 6.07) is 11.0. The summed E-state index contributed by atoms with van der Waals surface area (Å²) in [5, 5.41) is 8.63. The molecule has 0 aliphatic carbocycles. The fraction of sp³-hybridized carbons (Fsp3) is 0.353. The molecule has 2 rings (SSSR count). The van der Waals surface area contributed by atoms with Crippen LogP contribution in [0.15, 0.2) is 51.7 Å². The van der Waals surface area contributed by atoms with Crippen molar-refractivity contribution in [2.75, 3.05) is 20.6 Å². The molecule has 0 amide bonds. The average Bonchev–Trinajstić information content (AvgIpc) is 3.17. The van der Waals surface area contributed by atoms with Crippen molar-refractivity contribution < 1.29 is 8.42 Å². The lowest BCUT2D eigenvalue weighted by Crippen LogP contribution is -2.38. The lowest BCUT2D eigenvalue weighted by Gasteiger charge is -2.15. The Hall–Kier alpha value is -1.17. The minimum Gasteiger partial charge on any atom is -0.356 e. The third-order valence-electron chi connectivity index (χ3n) is 3.79. The Labute approximate surface area is 176 Å². The van der Waals surface area contributed by atoms with Crippen molar-refractivity contribution in [3.8, 4) is 0 Å². The quantitative estimate of drug-likeness (QED) is 0.305. The van der Waals surface area contributed by atoms with Crippen molar-refractivity contribution in [2.24, 2.45) is 4.99 Å². The SMILES string of the molecule is CN=C(NCc1ccc(S(=O)(=O)NC)cc1)NCC(C)c1cccs1.I. The largest absolute Gasteiger partial charge is 0.356 e. The molecule has 1 aromatic heterocycles. The van der Waals surface area contributed by atoms with Gasteiger partial charge in [-0.25, -0.2) is 13.1 Å². The first-order chi connectivity index (χ1) is 12.0. The Balaban J connectivity index is 0.00000338. The van der Waals surface area contributed by atoms with Gasteiger partial charge in [0.05, 0.1) is 4.90 Å². The Bertz CT molecular complexity index is 791. The molecule has 0 spiro atoms. The van der Waals surface area contributed by atoms with Crippen molar-refractivity contribution in [1.82, 2.24) is 15.4 Å². The van der Waals surface area contributed by atoms with Gasteiger partial charge in [-0.3, -0.25) is 4.99 Å². The minimum atomic E-state index is -3.40. The minimum absolute atomic E-state index is 0. The topological polar surface area (TPSA) is 82.6 Å². The summed E-state index contributed by atoms with van der Waals surface area (Å²) < 4.78 is 25.7. The maximum atomic E-state index is 11.7. The number of sulfonamides is 1. The zero-order valence-electron chi connectivity index (χ0n) is 15.0. The highest BCUT2D eigenvalue weighted by Gasteiger charge is 2.11. The summed E-state index contributed by atoms with van der Waals surface area (Å²) in [7, 11) is -0.266. The third kappa shape index (κ3) is 6.53. The van der Waals surface area contributed by atoms with E-state index in [-0.39, 0.29) is 28.9 Å². The normalized spacial score (nSPS) is 13.0. The average molecular weight is 508 g/mol. The molecule has 2 aromatic rings. The van der Waals surface area contributed by atoms with E-state index in [4.69, 9.17) is 0 Å². The fourth-order valence-electron chi connectivity index (χ4n) is 2.23. The Morgan fingerprint density at radius 1 is 1.19 bits per heavy atom. The second kappa shape index (κ2) is 10.9. The van der Waals surface area contributed by atoms with Crippen molar-refractivity contribution in [3.05, 3.63) is 52.2 Å². The molecule has 1 aromatic carbocycles. The molecular weight excluding hydrogens is 483 g/mol. The van der Waals surface area contributed by atoms with Crippen LogP contribution < -0.4 is 15.4 Å².